The molecule has 0 spiro atoms. The number of carbonyl (C=O) groups is 1. The minimum atomic E-state index is -0.599. The zero-order valence-electron chi connectivity index (χ0n) is 10.9. The molecule has 4 nitrogen and oxygen atoms in total. The molecule has 0 heterocycles. The molecule has 1 atom stereocenters. The number of likely N-dealkylation sites (N-methyl/N-ethyl adjacent to an activating group) is 1. The molecule has 1 N–H and O–H groups in total. The van der Waals surface area contributed by atoms with Crippen LogP contribution in [0.25, 0.3) is 0 Å². The lowest BCUT2D eigenvalue weighted by molar-refractivity contribution is -0.127. The first-order valence-corrected chi connectivity index (χ1v) is 5.83. The van der Waals surface area contributed by atoms with Gasteiger partial charge < -0.3 is 15.0 Å². The van der Waals surface area contributed by atoms with Gasteiger partial charge in [-0.3, -0.25) is 4.79 Å². The molecule has 0 aliphatic rings. The van der Waals surface area contributed by atoms with Gasteiger partial charge in [-0.05, 0) is 45.3 Å². The number of nitrogens with one attached hydrogen (secondary N) is 1. The number of halogens is 1. The summed E-state index contributed by atoms with van der Waals surface area (Å²) in [6.45, 7) is 3.01. The van der Waals surface area contributed by atoms with E-state index in [0.717, 1.165) is 6.54 Å². The summed E-state index contributed by atoms with van der Waals surface area (Å²) in [4.78, 5) is 13.6. The summed E-state index contributed by atoms with van der Waals surface area (Å²) in [5, 5.41) is 2.77. The SMILES string of the molecule is C[C@H](Oc1ccc(F)cc1)C(=O)NCCN(C)C. The average Bonchev–Trinajstić information content (AvgIpc) is 2.31. The molecule has 0 fully saturated rings. The fraction of sp³-hybridized carbons (Fsp3) is 0.462. The van der Waals surface area contributed by atoms with Crippen LogP contribution in [-0.2, 0) is 4.79 Å². The second-order valence-corrected chi connectivity index (χ2v) is 4.31. The Kier molecular flexibility index (Phi) is 5.58. The van der Waals surface area contributed by atoms with Crippen molar-refractivity contribution in [2.45, 2.75) is 13.0 Å². The highest BCUT2D eigenvalue weighted by molar-refractivity contribution is 5.80. The molecule has 1 rings (SSSR count). The summed E-state index contributed by atoms with van der Waals surface area (Å²) in [6.07, 6.45) is -0.599. The van der Waals surface area contributed by atoms with Crippen molar-refractivity contribution in [3.05, 3.63) is 30.1 Å². The van der Waals surface area contributed by atoms with Crippen molar-refractivity contribution in [3.63, 3.8) is 0 Å². The molecule has 1 aromatic carbocycles. The van der Waals surface area contributed by atoms with E-state index in [1.54, 1.807) is 6.92 Å². The van der Waals surface area contributed by atoms with Crippen LogP contribution in [0.2, 0.25) is 0 Å². The van der Waals surface area contributed by atoms with Gasteiger partial charge in [-0.25, -0.2) is 4.39 Å². The summed E-state index contributed by atoms with van der Waals surface area (Å²) in [6, 6.07) is 5.59. The summed E-state index contributed by atoms with van der Waals surface area (Å²) in [7, 11) is 3.87. The highest BCUT2D eigenvalue weighted by Gasteiger charge is 2.13. The first-order valence-electron chi connectivity index (χ1n) is 5.83. The normalized spacial score (nSPS) is 12.3. The predicted molar refractivity (Wildman–Crippen MR) is 68.1 cm³/mol. The maximum atomic E-state index is 12.7. The Morgan fingerprint density at radius 2 is 2.00 bits per heavy atom. The lowest BCUT2D eigenvalue weighted by Crippen LogP contribution is -2.39. The Balaban J connectivity index is 2.37. The third-order valence-corrected chi connectivity index (χ3v) is 2.35. The molecule has 0 bridgehead atoms. The van der Waals surface area contributed by atoms with Crippen LogP contribution in [0.15, 0.2) is 24.3 Å². The maximum Gasteiger partial charge on any atom is 0.260 e. The van der Waals surface area contributed by atoms with Crippen molar-refractivity contribution < 1.29 is 13.9 Å². The molecule has 0 aliphatic heterocycles. The number of amides is 1. The van der Waals surface area contributed by atoms with Crippen molar-refractivity contribution in [2.75, 3.05) is 27.2 Å². The second-order valence-electron chi connectivity index (χ2n) is 4.31. The smallest absolute Gasteiger partial charge is 0.260 e. The van der Waals surface area contributed by atoms with Gasteiger partial charge in [-0.2, -0.15) is 0 Å². The molecular formula is C13H19FN2O2. The first-order chi connectivity index (χ1) is 8.49. The fourth-order valence-electron chi connectivity index (χ4n) is 1.32. The standard InChI is InChI=1S/C13H19FN2O2/c1-10(13(17)15-8-9-16(2)3)18-12-6-4-11(14)5-7-12/h4-7,10H,8-9H2,1-3H3,(H,15,17)/t10-/m0/s1. The van der Waals surface area contributed by atoms with Gasteiger partial charge in [0, 0.05) is 13.1 Å². The summed E-state index contributed by atoms with van der Waals surface area (Å²) in [5.41, 5.74) is 0. The van der Waals surface area contributed by atoms with Crippen molar-refractivity contribution in [1.82, 2.24) is 10.2 Å². The van der Waals surface area contributed by atoms with E-state index >= 15 is 0 Å². The number of ether oxygens (including phenoxy) is 1. The van der Waals surface area contributed by atoms with Gasteiger partial charge in [0.15, 0.2) is 6.10 Å². The van der Waals surface area contributed by atoms with Crippen molar-refractivity contribution in [3.8, 4) is 5.75 Å². The van der Waals surface area contributed by atoms with Gasteiger partial charge >= 0.3 is 0 Å². The minimum Gasteiger partial charge on any atom is -0.481 e. The van der Waals surface area contributed by atoms with Crippen LogP contribution in [0.4, 0.5) is 4.39 Å². The van der Waals surface area contributed by atoms with E-state index in [1.165, 1.54) is 24.3 Å². The number of rotatable bonds is 6. The maximum absolute atomic E-state index is 12.7. The topological polar surface area (TPSA) is 41.6 Å². The van der Waals surface area contributed by atoms with Gasteiger partial charge in [0.2, 0.25) is 0 Å². The molecule has 0 aromatic heterocycles. The molecule has 1 amide bonds. The fourth-order valence-corrected chi connectivity index (χ4v) is 1.32. The molecule has 0 radical (unpaired) electrons. The van der Waals surface area contributed by atoms with Crippen LogP contribution in [0.5, 0.6) is 5.75 Å². The van der Waals surface area contributed by atoms with E-state index in [0.29, 0.717) is 12.3 Å². The zero-order valence-corrected chi connectivity index (χ0v) is 10.9. The van der Waals surface area contributed by atoms with Crippen molar-refractivity contribution in [2.24, 2.45) is 0 Å². The van der Waals surface area contributed by atoms with E-state index in [2.05, 4.69) is 5.32 Å². The van der Waals surface area contributed by atoms with Crippen molar-refractivity contribution in [1.29, 1.82) is 0 Å². The van der Waals surface area contributed by atoms with E-state index in [1.807, 2.05) is 19.0 Å². The van der Waals surface area contributed by atoms with Gasteiger partial charge in [0.25, 0.3) is 5.91 Å². The molecule has 0 unspecified atom stereocenters. The highest BCUT2D eigenvalue weighted by atomic mass is 19.1. The predicted octanol–water partition coefficient (Wildman–Crippen LogP) is 1.27. The summed E-state index contributed by atoms with van der Waals surface area (Å²) < 4.78 is 18.1. The average molecular weight is 254 g/mol. The molecular weight excluding hydrogens is 235 g/mol. The Bertz CT molecular complexity index is 379. The van der Waals surface area contributed by atoms with Gasteiger partial charge in [-0.1, -0.05) is 0 Å². The molecule has 0 saturated heterocycles. The number of carbonyl (C=O) groups excluding carboxylic acids is 1. The van der Waals surface area contributed by atoms with Crippen LogP contribution < -0.4 is 10.1 Å². The molecule has 5 heteroatoms. The van der Waals surface area contributed by atoms with Crippen LogP contribution in [-0.4, -0.2) is 44.1 Å². The molecule has 100 valence electrons. The third kappa shape index (κ3) is 5.14. The van der Waals surface area contributed by atoms with E-state index in [-0.39, 0.29) is 11.7 Å². The minimum absolute atomic E-state index is 0.179. The Labute approximate surface area is 107 Å². The largest absolute Gasteiger partial charge is 0.481 e. The van der Waals surface area contributed by atoms with Crippen LogP contribution in [0, 0.1) is 5.82 Å². The molecule has 0 saturated carbocycles. The summed E-state index contributed by atoms with van der Waals surface area (Å²) in [5.74, 6) is -0.0294. The lowest BCUT2D eigenvalue weighted by atomic mass is 10.3. The number of benzene rings is 1. The van der Waals surface area contributed by atoms with E-state index in [4.69, 9.17) is 4.74 Å². The third-order valence-electron chi connectivity index (χ3n) is 2.35. The van der Waals surface area contributed by atoms with Gasteiger partial charge in [0.05, 0.1) is 0 Å². The Morgan fingerprint density at radius 3 is 2.56 bits per heavy atom. The zero-order chi connectivity index (χ0) is 13.5. The van der Waals surface area contributed by atoms with E-state index < -0.39 is 6.10 Å². The van der Waals surface area contributed by atoms with E-state index in [9.17, 15) is 9.18 Å². The summed E-state index contributed by atoms with van der Waals surface area (Å²) >= 11 is 0. The second kappa shape index (κ2) is 6.96. The lowest BCUT2D eigenvalue weighted by Gasteiger charge is -2.16. The molecule has 18 heavy (non-hydrogen) atoms. The van der Waals surface area contributed by atoms with Crippen LogP contribution in [0.3, 0.4) is 0 Å². The molecule has 1 aromatic rings. The number of hydrogen-bond acceptors (Lipinski definition) is 3. The van der Waals surface area contributed by atoms with Gasteiger partial charge in [0.1, 0.15) is 11.6 Å². The first kappa shape index (κ1) is 14.4. The highest BCUT2D eigenvalue weighted by Crippen LogP contribution is 2.12. The number of hydrogen-bond donors (Lipinski definition) is 1. The number of nitrogens with zero attached hydrogens (tertiary/aromatic N) is 1. The quantitative estimate of drug-likeness (QED) is 0.831. The van der Waals surface area contributed by atoms with Crippen LogP contribution in [0.1, 0.15) is 6.92 Å². The van der Waals surface area contributed by atoms with Gasteiger partial charge in [-0.15, -0.1) is 0 Å². The van der Waals surface area contributed by atoms with Crippen molar-refractivity contribution >= 4 is 5.91 Å². The Hall–Kier alpha value is -1.62. The Morgan fingerprint density at radius 1 is 1.39 bits per heavy atom. The molecule has 0 aliphatic carbocycles. The monoisotopic (exact) mass is 254 g/mol. The van der Waals surface area contributed by atoms with Crippen LogP contribution >= 0.6 is 0 Å².